The van der Waals surface area contributed by atoms with Crippen molar-refractivity contribution in [2.24, 2.45) is 0 Å². The Morgan fingerprint density at radius 3 is 3.00 bits per heavy atom. The molecule has 0 spiro atoms. The summed E-state index contributed by atoms with van der Waals surface area (Å²) in [5, 5.41) is 0.392. The van der Waals surface area contributed by atoms with Crippen LogP contribution in [0.4, 0.5) is 0 Å². The van der Waals surface area contributed by atoms with Crippen LogP contribution in [0, 0.1) is 0 Å². The third-order valence-electron chi connectivity index (χ3n) is 2.03. The third-order valence-corrected chi connectivity index (χ3v) is 2.21. The average Bonchev–Trinajstić information content (AvgIpc) is 2.66. The first-order valence-electron chi connectivity index (χ1n) is 4.81. The molecule has 0 unspecified atom stereocenters. The highest BCUT2D eigenvalue weighted by Gasteiger charge is 2.05. The molecule has 4 nitrogen and oxygen atoms in total. The first kappa shape index (κ1) is 10.1. The van der Waals surface area contributed by atoms with Gasteiger partial charge in [-0.05, 0) is 6.42 Å². The van der Waals surface area contributed by atoms with Crippen LogP contribution in [0.25, 0.3) is 5.82 Å². The van der Waals surface area contributed by atoms with Crippen LogP contribution in [0.1, 0.15) is 19.2 Å². The molecule has 0 amide bonds. The van der Waals surface area contributed by atoms with E-state index in [-0.39, 0.29) is 0 Å². The molecule has 0 aliphatic carbocycles. The molecule has 0 N–H and O–H groups in total. The maximum absolute atomic E-state index is 5.78. The number of aromatic nitrogens is 4. The van der Waals surface area contributed by atoms with E-state index in [2.05, 4.69) is 21.9 Å². The molecule has 2 heterocycles. The normalized spacial score (nSPS) is 10.5. The lowest BCUT2D eigenvalue weighted by Crippen LogP contribution is -2.02. The summed E-state index contributed by atoms with van der Waals surface area (Å²) in [5.74, 6) is 1.69. The SMILES string of the molecule is CCCc1nccn1-c1cncc(Cl)n1. The van der Waals surface area contributed by atoms with Crippen LogP contribution >= 0.6 is 11.6 Å². The number of aryl methyl sites for hydroxylation is 1. The van der Waals surface area contributed by atoms with Crippen LogP contribution in [0.3, 0.4) is 0 Å². The van der Waals surface area contributed by atoms with Gasteiger partial charge in [-0.25, -0.2) is 9.97 Å². The quantitative estimate of drug-likeness (QED) is 0.800. The van der Waals surface area contributed by atoms with E-state index in [1.54, 1.807) is 12.4 Å². The second kappa shape index (κ2) is 4.40. The third kappa shape index (κ3) is 2.15. The fraction of sp³-hybridized carbons (Fsp3) is 0.300. The smallest absolute Gasteiger partial charge is 0.158 e. The summed E-state index contributed by atoms with van der Waals surface area (Å²) in [7, 11) is 0. The Labute approximate surface area is 93.0 Å². The molecule has 0 aliphatic rings. The van der Waals surface area contributed by atoms with Crippen molar-refractivity contribution in [1.82, 2.24) is 19.5 Å². The van der Waals surface area contributed by atoms with Gasteiger partial charge in [-0.2, -0.15) is 0 Å². The van der Waals surface area contributed by atoms with E-state index >= 15 is 0 Å². The van der Waals surface area contributed by atoms with Crippen LogP contribution in [-0.4, -0.2) is 19.5 Å². The van der Waals surface area contributed by atoms with E-state index in [1.807, 2.05) is 10.8 Å². The van der Waals surface area contributed by atoms with Crippen LogP contribution in [0.2, 0.25) is 5.15 Å². The Balaban J connectivity index is 2.40. The Kier molecular flexibility index (Phi) is 2.97. The summed E-state index contributed by atoms with van der Waals surface area (Å²) >= 11 is 5.78. The molecule has 0 atom stereocenters. The van der Waals surface area contributed by atoms with E-state index in [1.165, 1.54) is 6.20 Å². The number of rotatable bonds is 3. The van der Waals surface area contributed by atoms with Gasteiger partial charge in [0.1, 0.15) is 11.0 Å². The van der Waals surface area contributed by atoms with E-state index < -0.39 is 0 Å². The van der Waals surface area contributed by atoms with Crippen LogP contribution < -0.4 is 0 Å². The van der Waals surface area contributed by atoms with Gasteiger partial charge in [0.15, 0.2) is 5.82 Å². The molecule has 0 aromatic carbocycles. The minimum absolute atomic E-state index is 0.392. The summed E-state index contributed by atoms with van der Waals surface area (Å²) in [6.07, 6.45) is 8.78. The lowest BCUT2D eigenvalue weighted by Gasteiger charge is -2.05. The number of hydrogen-bond acceptors (Lipinski definition) is 3. The fourth-order valence-corrected chi connectivity index (χ4v) is 1.54. The van der Waals surface area contributed by atoms with E-state index in [0.717, 1.165) is 18.7 Å². The predicted octanol–water partition coefficient (Wildman–Crippen LogP) is 2.27. The van der Waals surface area contributed by atoms with Gasteiger partial charge in [-0.15, -0.1) is 0 Å². The van der Waals surface area contributed by atoms with Crippen LogP contribution in [0.15, 0.2) is 24.8 Å². The fourth-order valence-electron chi connectivity index (χ4n) is 1.40. The predicted molar refractivity (Wildman–Crippen MR) is 58.2 cm³/mol. The largest absolute Gasteiger partial charge is 0.287 e. The Morgan fingerprint density at radius 2 is 2.27 bits per heavy atom. The van der Waals surface area contributed by atoms with Crippen molar-refractivity contribution in [2.45, 2.75) is 19.8 Å². The molecular weight excluding hydrogens is 212 g/mol. The minimum Gasteiger partial charge on any atom is -0.287 e. The topological polar surface area (TPSA) is 43.6 Å². The van der Waals surface area contributed by atoms with E-state index in [4.69, 9.17) is 11.6 Å². The van der Waals surface area contributed by atoms with Gasteiger partial charge in [0.25, 0.3) is 0 Å². The van der Waals surface area contributed by atoms with Crippen molar-refractivity contribution >= 4 is 11.6 Å². The molecule has 0 aliphatic heterocycles. The Bertz CT molecular complexity index is 452. The molecule has 0 bridgehead atoms. The number of hydrogen-bond donors (Lipinski definition) is 0. The molecule has 78 valence electrons. The Hall–Kier alpha value is -1.42. The first-order chi connectivity index (χ1) is 7.31. The lowest BCUT2D eigenvalue weighted by molar-refractivity contribution is 0.795. The van der Waals surface area contributed by atoms with Gasteiger partial charge in [-0.1, -0.05) is 18.5 Å². The molecule has 2 aromatic heterocycles. The van der Waals surface area contributed by atoms with E-state index in [9.17, 15) is 0 Å². The number of halogens is 1. The van der Waals surface area contributed by atoms with Crippen molar-refractivity contribution < 1.29 is 0 Å². The standard InChI is InChI=1S/C10H11ClN4/c1-2-3-9-13-4-5-15(9)10-7-12-6-8(11)14-10/h4-7H,2-3H2,1H3. The summed E-state index contributed by atoms with van der Waals surface area (Å²) in [5.41, 5.74) is 0. The first-order valence-corrected chi connectivity index (χ1v) is 5.19. The van der Waals surface area contributed by atoms with Crippen molar-refractivity contribution in [1.29, 1.82) is 0 Å². The average molecular weight is 223 g/mol. The Morgan fingerprint density at radius 1 is 1.40 bits per heavy atom. The molecule has 2 aromatic rings. The summed E-state index contributed by atoms with van der Waals surface area (Å²) in [6.45, 7) is 2.11. The molecule has 15 heavy (non-hydrogen) atoms. The second-order valence-electron chi connectivity index (χ2n) is 3.16. The van der Waals surface area contributed by atoms with Crippen molar-refractivity contribution in [2.75, 3.05) is 0 Å². The maximum Gasteiger partial charge on any atom is 0.158 e. The second-order valence-corrected chi connectivity index (χ2v) is 3.55. The highest BCUT2D eigenvalue weighted by Crippen LogP contribution is 2.11. The molecule has 0 fully saturated rings. The maximum atomic E-state index is 5.78. The zero-order valence-corrected chi connectivity index (χ0v) is 9.15. The van der Waals surface area contributed by atoms with E-state index in [0.29, 0.717) is 11.0 Å². The zero-order chi connectivity index (χ0) is 10.7. The number of imidazole rings is 1. The van der Waals surface area contributed by atoms with Crippen LogP contribution in [0.5, 0.6) is 0 Å². The van der Waals surface area contributed by atoms with Gasteiger partial charge in [0, 0.05) is 18.8 Å². The molecular formula is C10H11ClN4. The van der Waals surface area contributed by atoms with Gasteiger partial charge in [0.2, 0.25) is 0 Å². The lowest BCUT2D eigenvalue weighted by atomic mass is 10.3. The highest BCUT2D eigenvalue weighted by molar-refractivity contribution is 6.29. The number of nitrogens with zero attached hydrogens (tertiary/aromatic N) is 4. The summed E-state index contributed by atoms with van der Waals surface area (Å²) < 4.78 is 1.91. The molecule has 0 radical (unpaired) electrons. The van der Waals surface area contributed by atoms with Crippen molar-refractivity contribution in [3.05, 3.63) is 35.8 Å². The monoisotopic (exact) mass is 222 g/mol. The highest BCUT2D eigenvalue weighted by atomic mass is 35.5. The van der Waals surface area contributed by atoms with Gasteiger partial charge < -0.3 is 0 Å². The molecule has 0 saturated carbocycles. The van der Waals surface area contributed by atoms with Crippen LogP contribution in [-0.2, 0) is 6.42 Å². The molecule has 0 saturated heterocycles. The van der Waals surface area contributed by atoms with Gasteiger partial charge >= 0.3 is 0 Å². The zero-order valence-electron chi connectivity index (χ0n) is 8.39. The van der Waals surface area contributed by atoms with Gasteiger partial charge in [-0.3, -0.25) is 9.55 Å². The minimum atomic E-state index is 0.392. The van der Waals surface area contributed by atoms with Crippen molar-refractivity contribution in [3.8, 4) is 5.82 Å². The molecule has 5 heteroatoms. The summed E-state index contributed by atoms with van der Waals surface area (Å²) in [6, 6.07) is 0. The van der Waals surface area contributed by atoms with Crippen molar-refractivity contribution in [3.63, 3.8) is 0 Å². The molecule has 2 rings (SSSR count). The summed E-state index contributed by atoms with van der Waals surface area (Å²) in [4.78, 5) is 12.4. The van der Waals surface area contributed by atoms with Gasteiger partial charge in [0.05, 0.1) is 12.4 Å².